The van der Waals surface area contributed by atoms with Gasteiger partial charge in [-0.25, -0.2) is 9.78 Å². The Morgan fingerprint density at radius 2 is 2.00 bits per heavy atom. The average Bonchev–Trinajstić information content (AvgIpc) is 2.47. The number of hydrogen-bond donors (Lipinski definition) is 1. The van der Waals surface area contributed by atoms with Gasteiger partial charge in [0, 0.05) is 6.42 Å². The van der Waals surface area contributed by atoms with E-state index in [9.17, 15) is 9.59 Å². The van der Waals surface area contributed by atoms with Crippen LogP contribution in [0.5, 0.6) is 11.5 Å². The molecule has 0 radical (unpaired) electrons. The Labute approximate surface area is 115 Å². The van der Waals surface area contributed by atoms with Crippen LogP contribution in [-0.2, 0) is 0 Å². The van der Waals surface area contributed by atoms with Crippen LogP contribution in [0.25, 0.3) is 0 Å². The fourth-order valence-corrected chi connectivity index (χ4v) is 1.62. The van der Waals surface area contributed by atoms with Crippen molar-refractivity contribution in [2.24, 2.45) is 0 Å². The van der Waals surface area contributed by atoms with E-state index in [0.29, 0.717) is 23.6 Å². The second-order valence-electron chi connectivity index (χ2n) is 4.09. The highest BCUT2D eigenvalue weighted by molar-refractivity contribution is 5.93. The monoisotopic (exact) mass is 271 g/mol. The minimum Gasteiger partial charge on any atom is -0.478 e. The summed E-state index contributed by atoms with van der Waals surface area (Å²) in [5.74, 6) is -0.205. The van der Waals surface area contributed by atoms with Crippen LogP contribution < -0.4 is 4.74 Å². The first-order valence-corrected chi connectivity index (χ1v) is 6.10. The molecule has 0 amide bonds. The zero-order valence-electron chi connectivity index (χ0n) is 10.9. The number of carboxylic acids is 1. The molecule has 1 N–H and O–H groups in total. The number of carbonyl (C=O) groups is 2. The maximum absolute atomic E-state index is 11.4. The van der Waals surface area contributed by atoms with Crippen molar-refractivity contribution in [1.82, 2.24) is 4.98 Å². The minimum absolute atomic E-state index is 0.0376. The number of ketones is 1. The lowest BCUT2D eigenvalue weighted by molar-refractivity contribution is 0.0696. The van der Waals surface area contributed by atoms with E-state index < -0.39 is 5.97 Å². The summed E-state index contributed by atoms with van der Waals surface area (Å²) in [5.41, 5.74) is 0.535. The van der Waals surface area contributed by atoms with Crippen LogP contribution in [0, 0.1) is 0 Å². The van der Waals surface area contributed by atoms with Gasteiger partial charge in [0.05, 0.1) is 11.8 Å². The molecular weight excluding hydrogens is 258 g/mol. The third-order valence-corrected chi connectivity index (χ3v) is 2.66. The van der Waals surface area contributed by atoms with Crippen LogP contribution in [-0.4, -0.2) is 21.8 Å². The molecule has 20 heavy (non-hydrogen) atoms. The van der Waals surface area contributed by atoms with Crippen LogP contribution in [0.2, 0.25) is 0 Å². The van der Waals surface area contributed by atoms with Gasteiger partial charge in [-0.2, -0.15) is 0 Å². The summed E-state index contributed by atoms with van der Waals surface area (Å²) in [7, 11) is 0. The Morgan fingerprint density at radius 3 is 2.60 bits per heavy atom. The largest absolute Gasteiger partial charge is 0.478 e. The highest BCUT2D eigenvalue weighted by atomic mass is 16.5. The van der Waals surface area contributed by atoms with Gasteiger partial charge < -0.3 is 9.84 Å². The quantitative estimate of drug-likeness (QED) is 0.845. The van der Waals surface area contributed by atoms with Crippen molar-refractivity contribution in [2.75, 3.05) is 0 Å². The number of hydrogen-bond acceptors (Lipinski definition) is 4. The zero-order chi connectivity index (χ0) is 14.5. The summed E-state index contributed by atoms with van der Waals surface area (Å²) in [4.78, 5) is 26.3. The molecule has 0 aliphatic rings. The SMILES string of the molecule is CCC(=O)c1ccc(Oc2cccc(C(=O)O)c2)cn1. The summed E-state index contributed by atoms with van der Waals surface area (Å²) >= 11 is 0. The van der Waals surface area contributed by atoms with Crippen molar-refractivity contribution in [3.05, 3.63) is 53.9 Å². The van der Waals surface area contributed by atoms with E-state index in [2.05, 4.69) is 4.98 Å². The number of carbonyl (C=O) groups excluding carboxylic acids is 1. The highest BCUT2D eigenvalue weighted by Crippen LogP contribution is 2.21. The fourth-order valence-electron chi connectivity index (χ4n) is 1.62. The van der Waals surface area contributed by atoms with E-state index in [4.69, 9.17) is 9.84 Å². The predicted molar refractivity (Wildman–Crippen MR) is 72.3 cm³/mol. The lowest BCUT2D eigenvalue weighted by Crippen LogP contribution is -2.00. The number of aromatic nitrogens is 1. The van der Waals surface area contributed by atoms with Crippen LogP contribution in [0.3, 0.4) is 0 Å². The molecule has 0 bridgehead atoms. The molecule has 1 aromatic carbocycles. The topological polar surface area (TPSA) is 76.5 Å². The first kappa shape index (κ1) is 13.7. The van der Waals surface area contributed by atoms with Gasteiger partial charge in [0.15, 0.2) is 5.78 Å². The summed E-state index contributed by atoms with van der Waals surface area (Å²) in [5, 5.41) is 8.89. The van der Waals surface area contributed by atoms with E-state index in [1.54, 1.807) is 31.2 Å². The Balaban J connectivity index is 2.16. The lowest BCUT2D eigenvalue weighted by Gasteiger charge is -2.06. The molecule has 0 aliphatic heterocycles. The molecule has 5 heteroatoms. The van der Waals surface area contributed by atoms with Crippen molar-refractivity contribution in [3.8, 4) is 11.5 Å². The summed E-state index contributed by atoms with van der Waals surface area (Å²) < 4.78 is 5.50. The van der Waals surface area contributed by atoms with Gasteiger partial charge in [0.1, 0.15) is 17.2 Å². The van der Waals surface area contributed by atoms with Crippen LogP contribution >= 0.6 is 0 Å². The van der Waals surface area contributed by atoms with E-state index in [1.807, 2.05) is 0 Å². The number of carboxylic acid groups (broad SMARTS) is 1. The summed E-state index contributed by atoms with van der Waals surface area (Å²) in [6.07, 6.45) is 1.84. The molecule has 1 aromatic heterocycles. The summed E-state index contributed by atoms with van der Waals surface area (Å²) in [6.45, 7) is 1.77. The van der Waals surface area contributed by atoms with Gasteiger partial charge in [-0.3, -0.25) is 4.79 Å². The average molecular weight is 271 g/mol. The maximum Gasteiger partial charge on any atom is 0.335 e. The minimum atomic E-state index is -1.02. The second kappa shape index (κ2) is 5.97. The van der Waals surface area contributed by atoms with E-state index >= 15 is 0 Å². The van der Waals surface area contributed by atoms with Gasteiger partial charge in [0.25, 0.3) is 0 Å². The van der Waals surface area contributed by atoms with Crippen LogP contribution in [0.15, 0.2) is 42.6 Å². The first-order chi connectivity index (χ1) is 9.60. The molecule has 0 aliphatic carbocycles. The number of pyridine rings is 1. The molecule has 0 saturated heterocycles. The number of aromatic carboxylic acids is 1. The Morgan fingerprint density at radius 1 is 1.20 bits per heavy atom. The molecule has 1 heterocycles. The first-order valence-electron chi connectivity index (χ1n) is 6.10. The number of rotatable bonds is 5. The smallest absolute Gasteiger partial charge is 0.335 e. The normalized spacial score (nSPS) is 10.1. The van der Waals surface area contributed by atoms with Crippen molar-refractivity contribution in [3.63, 3.8) is 0 Å². The third kappa shape index (κ3) is 3.20. The molecule has 0 saturated carbocycles. The van der Waals surface area contributed by atoms with E-state index in [-0.39, 0.29) is 11.3 Å². The highest BCUT2D eigenvalue weighted by Gasteiger charge is 2.07. The van der Waals surface area contributed by atoms with Gasteiger partial charge in [-0.15, -0.1) is 0 Å². The molecule has 2 aromatic rings. The Kier molecular flexibility index (Phi) is 4.10. The zero-order valence-corrected chi connectivity index (χ0v) is 10.9. The Bertz CT molecular complexity index is 635. The number of benzene rings is 1. The van der Waals surface area contributed by atoms with Crippen molar-refractivity contribution in [1.29, 1.82) is 0 Å². The van der Waals surface area contributed by atoms with Gasteiger partial charge in [-0.1, -0.05) is 13.0 Å². The molecule has 5 nitrogen and oxygen atoms in total. The molecule has 0 fully saturated rings. The number of nitrogens with zero attached hydrogens (tertiary/aromatic N) is 1. The fraction of sp³-hybridized carbons (Fsp3) is 0.133. The van der Waals surface area contributed by atoms with Crippen molar-refractivity contribution < 1.29 is 19.4 Å². The predicted octanol–water partition coefficient (Wildman–Crippen LogP) is 3.16. The van der Waals surface area contributed by atoms with Crippen LogP contribution in [0.4, 0.5) is 0 Å². The lowest BCUT2D eigenvalue weighted by atomic mass is 10.2. The van der Waals surface area contributed by atoms with Gasteiger partial charge in [0.2, 0.25) is 0 Å². The molecule has 102 valence electrons. The molecular formula is C15H13NO4. The van der Waals surface area contributed by atoms with Crippen LogP contribution in [0.1, 0.15) is 34.2 Å². The molecule has 0 unspecified atom stereocenters. The molecule has 2 rings (SSSR count). The summed E-state index contributed by atoms with van der Waals surface area (Å²) in [6, 6.07) is 9.37. The van der Waals surface area contributed by atoms with Crippen molar-refractivity contribution >= 4 is 11.8 Å². The Hall–Kier alpha value is -2.69. The van der Waals surface area contributed by atoms with E-state index in [0.717, 1.165) is 0 Å². The molecule has 0 atom stereocenters. The number of Topliss-reactive ketones (excluding diaryl/α,β-unsaturated/α-hetero) is 1. The van der Waals surface area contributed by atoms with Gasteiger partial charge in [-0.05, 0) is 30.3 Å². The third-order valence-electron chi connectivity index (χ3n) is 2.66. The molecule has 0 spiro atoms. The van der Waals surface area contributed by atoms with Crippen molar-refractivity contribution in [2.45, 2.75) is 13.3 Å². The van der Waals surface area contributed by atoms with Gasteiger partial charge >= 0.3 is 5.97 Å². The maximum atomic E-state index is 11.4. The number of ether oxygens (including phenoxy) is 1. The standard InChI is InChI=1S/C15H13NO4/c1-2-14(17)13-7-6-12(9-16-13)20-11-5-3-4-10(8-11)15(18)19/h3-9H,2H2,1H3,(H,18,19). The second-order valence-corrected chi connectivity index (χ2v) is 4.09. The van der Waals surface area contributed by atoms with E-state index in [1.165, 1.54) is 18.3 Å².